The third-order valence-electron chi connectivity index (χ3n) is 1.74. The van der Waals surface area contributed by atoms with Crippen molar-refractivity contribution in [2.45, 2.75) is 5.16 Å². The van der Waals surface area contributed by atoms with Crippen LogP contribution < -0.4 is 0 Å². The topological polar surface area (TPSA) is 78.8 Å². The summed E-state index contributed by atoms with van der Waals surface area (Å²) in [5.74, 6) is 0. The lowest BCUT2D eigenvalue weighted by Crippen LogP contribution is -1.98. The van der Waals surface area contributed by atoms with Crippen molar-refractivity contribution < 1.29 is 8.76 Å². The summed E-state index contributed by atoms with van der Waals surface area (Å²) in [4.78, 5) is 11.4. The molecular weight excluding hydrogens is 214 g/mol. The van der Waals surface area contributed by atoms with E-state index >= 15 is 0 Å². The van der Waals surface area contributed by atoms with Gasteiger partial charge in [0.15, 0.2) is 0 Å². The summed E-state index contributed by atoms with van der Waals surface area (Å²) in [5.41, 5.74) is 1.30. The molecule has 0 N–H and O–H groups in total. The molecule has 0 amide bonds. The number of rotatable bonds is 2. The highest BCUT2D eigenvalue weighted by Crippen LogP contribution is 2.14. The summed E-state index contributed by atoms with van der Waals surface area (Å²) in [6.07, 6.45) is 4.65. The van der Waals surface area contributed by atoms with E-state index in [-0.39, 0.29) is 5.16 Å². The number of pyridine rings is 1. The van der Waals surface area contributed by atoms with Crippen LogP contribution >= 0.6 is 0 Å². The van der Waals surface area contributed by atoms with E-state index in [4.69, 9.17) is 0 Å². The molecule has 1 atom stereocenters. The zero-order valence-corrected chi connectivity index (χ0v) is 8.35. The van der Waals surface area contributed by atoms with E-state index in [0.717, 1.165) is 5.56 Å². The third-order valence-corrected chi connectivity index (χ3v) is 2.23. The lowest BCUT2D eigenvalue weighted by atomic mass is 10.2. The lowest BCUT2D eigenvalue weighted by Gasteiger charge is -2.04. The largest absolute Gasteiger partial charge is 0.766 e. The molecule has 0 aliphatic heterocycles. The fourth-order valence-corrected chi connectivity index (χ4v) is 1.42. The molecule has 0 saturated carbocycles. The monoisotopic (exact) mass is 220 g/mol. The Bertz CT molecular complexity index is 490. The number of hydrogen-bond donors (Lipinski definition) is 0. The van der Waals surface area contributed by atoms with Gasteiger partial charge < -0.3 is 4.55 Å². The average molecular weight is 220 g/mol. The maximum Gasteiger partial charge on any atom is 0.205 e. The van der Waals surface area contributed by atoms with Gasteiger partial charge in [-0.05, 0) is 18.2 Å². The van der Waals surface area contributed by atoms with Gasteiger partial charge in [0.1, 0.15) is 0 Å². The normalized spacial score (nSPS) is 12.3. The van der Waals surface area contributed by atoms with E-state index in [2.05, 4.69) is 15.0 Å². The second-order valence-electron chi connectivity index (χ2n) is 2.70. The van der Waals surface area contributed by atoms with E-state index in [1.807, 2.05) is 0 Å². The van der Waals surface area contributed by atoms with Crippen LogP contribution in [0.2, 0.25) is 0 Å². The maximum absolute atomic E-state index is 10.6. The van der Waals surface area contributed by atoms with Crippen LogP contribution in [0.5, 0.6) is 0 Å². The average Bonchev–Trinajstić information content (AvgIpc) is 2.30. The fourth-order valence-electron chi connectivity index (χ4n) is 1.10. The van der Waals surface area contributed by atoms with Crippen molar-refractivity contribution in [1.82, 2.24) is 15.0 Å². The molecule has 1 unspecified atom stereocenters. The molecular formula is C9H6N3O2S-. The minimum absolute atomic E-state index is 0.212. The van der Waals surface area contributed by atoms with Gasteiger partial charge in [-0.25, -0.2) is 9.97 Å². The van der Waals surface area contributed by atoms with Gasteiger partial charge in [0, 0.05) is 35.2 Å². The molecule has 2 heterocycles. The zero-order chi connectivity index (χ0) is 10.7. The minimum atomic E-state index is -2.41. The molecule has 0 fully saturated rings. The SMILES string of the molecule is O=S([O-])c1nccc(-c2cccnc2)n1. The predicted molar refractivity (Wildman–Crippen MR) is 52.4 cm³/mol. The summed E-state index contributed by atoms with van der Waals surface area (Å²) < 4.78 is 21.3. The van der Waals surface area contributed by atoms with Gasteiger partial charge in [-0.2, -0.15) is 0 Å². The molecule has 2 aromatic rings. The van der Waals surface area contributed by atoms with Gasteiger partial charge in [-0.1, -0.05) is 0 Å². The van der Waals surface area contributed by atoms with Crippen molar-refractivity contribution in [2.75, 3.05) is 0 Å². The molecule has 0 saturated heterocycles. The highest BCUT2D eigenvalue weighted by Gasteiger charge is 2.01. The van der Waals surface area contributed by atoms with Crippen LogP contribution in [0.4, 0.5) is 0 Å². The van der Waals surface area contributed by atoms with E-state index in [1.165, 1.54) is 6.20 Å². The third kappa shape index (κ3) is 2.23. The Balaban J connectivity index is 2.46. The van der Waals surface area contributed by atoms with Gasteiger partial charge >= 0.3 is 0 Å². The molecule has 15 heavy (non-hydrogen) atoms. The lowest BCUT2D eigenvalue weighted by molar-refractivity contribution is 0.528. The Kier molecular flexibility index (Phi) is 2.79. The Morgan fingerprint density at radius 3 is 2.80 bits per heavy atom. The van der Waals surface area contributed by atoms with Crippen LogP contribution in [-0.2, 0) is 11.1 Å². The van der Waals surface area contributed by atoms with Crippen LogP contribution in [0.15, 0.2) is 41.9 Å². The first-order valence-electron chi connectivity index (χ1n) is 4.10. The van der Waals surface area contributed by atoms with E-state index in [0.29, 0.717) is 5.69 Å². The van der Waals surface area contributed by atoms with Crippen molar-refractivity contribution in [2.24, 2.45) is 0 Å². The molecule has 2 aromatic heterocycles. The van der Waals surface area contributed by atoms with E-state index in [9.17, 15) is 8.76 Å². The minimum Gasteiger partial charge on any atom is -0.766 e. The van der Waals surface area contributed by atoms with Gasteiger partial charge in [0.05, 0.1) is 5.69 Å². The summed E-state index contributed by atoms with van der Waals surface area (Å²) in [5, 5.41) is -0.212. The molecule has 0 spiro atoms. The highest BCUT2D eigenvalue weighted by molar-refractivity contribution is 7.78. The van der Waals surface area contributed by atoms with Gasteiger partial charge in [-0.15, -0.1) is 0 Å². The second-order valence-corrected chi connectivity index (χ2v) is 3.54. The molecule has 5 nitrogen and oxygen atoms in total. The van der Waals surface area contributed by atoms with Crippen LogP contribution in [0, 0.1) is 0 Å². The van der Waals surface area contributed by atoms with E-state index in [1.54, 1.807) is 30.6 Å². The molecule has 0 aliphatic carbocycles. The Morgan fingerprint density at radius 2 is 2.13 bits per heavy atom. The molecule has 0 radical (unpaired) electrons. The van der Waals surface area contributed by atoms with Crippen LogP contribution in [0.1, 0.15) is 0 Å². The quantitative estimate of drug-likeness (QED) is 0.552. The zero-order valence-electron chi connectivity index (χ0n) is 7.53. The van der Waals surface area contributed by atoms with Crippen LogP contribution in [-0.4, -0.2) is 23.7 Å². The van der Waals surface area contributed by atoms with Crippen molar-refractivity contribution >= 4 is 11.1 Å². The van der Waals surface area contributed by atoms with Gasteiger partial charge in [0.25, 0.3) is 0 Å². The van der Waals surface area contributed by atoms with Crippen LogP contribution in [0.25, 0.3) is 11.3 Å². The van der Waals surface area contributed by atoms with Crippen molar-refractivity contribution in [1.29, 1.82) is 0 Å². The fraction of sp³-hybridized carbons (Fsp3) is 0. The molecule has 0 aliphatic rings. The molecule has 0 aromatic carbocycles. The first-order chi connectivity index (χ1) is 7.27. The predicted octanol–water partition coefficient (Wildman–Crippen LogP) is 0.777. The standard InChI is InChI=1S/C9H7N3O2S/c13-15(14)9-11-5-3-8(12-9)7-2-1-4-10-6-7/h1-6H,(H,13,14)/p-1. The molecule has 76 valence electrons. The van der Waals surface area contributed by atoms with Crippen molar-refractivity contribution in [3.63, 3.8) is 0 Å². The first kappa shape index (κ1) is 9.88. The number of hydrogen-bond acceptors (Lipinski definition) is 5. The van der Waals surface area contributed by atoms with E-state index < -0.39 is 11.1 Å². The Hall–Kier alpha value is -1.66. The van der Waals surface area contributed by atoms with Crippen molar-refractivity contribution in [3.05, 3.63) is 36.8 Å². The first-order valence-corrected chi connectivity index (χ1v) is 5.17. The summed E-state index contributed by atoms with van der Waals surface area (Å²) in [7, 11) is 0. The molecule has 2 rings (SSSR count). The number of nitrogens with zero attached hydrogens (tertiary/aromatic N) is 3. The Labute approximate surface area is 88.5 Å². The molecule has 6 heteroatoms. The van der Waals surface area contributed by atoms with Gasteiger partial charge in [0.2, 0.25) is 5.16 Å². The molecule has 0 bridgehead atoms. The highest BCUT2D eigenvalue weighted by atomic mass is 32.2. The summed E-state index contributed by atoms with van der Waals surface area (Å²) >= 11 is -2.41. The second kappa shape index (κ2) is 4.24. The summed E-state index contributed by atoms with van der Waals surface area (Å²) in [6, 6.07) is 5.19. The Morgan fingerprint density at radius 1 is 1.27 bits per heavy atom. The summed E-state index contributed by atoms with van der Waals surface area (Å²) in [6.45, 7) is 0. The van der Waals surface area contributed by atoms with Crippen molar-refractivity contribution in [3.8, 4) is 11.3 Å². The number of aromatic nitrogens is 3. The smallest absolute Gasteiger partial charge is 0.205 e. The van der Waals surface area contributed by atoms with Crippen LogP contribution in [0.3, 0.4) is 0 Å². The van der Waals surface area contributed by atoms with Gasteiger partial charge in [-0.3, -0.25) is 9.19 Å². The maximum atomic E-state index is 10.6.